The summed E-state index contributed by atoms with van der Waals surface area (Å²) in [5.74, 6) is -0.550. The summed E-state index contributed by atoms with van der Waals surface area (Å²) < 4.78 is 4.82. The Morgan fingerprint density at radius 3 is 2.71 bits per heavy atom. The number of benzene rings is 1. The first-order valence-corrected chi connectivity index (χ1v) is 5.81. The molecule has 1 aliphatic rings. The van der Waals surface area contributed by atoms with E-state index >= 15 is 0 Å². The molecular formula is C14H13ClO2. The Morgan fingerprint density at radius 1 is 1.35 bits per heavy atom. The molecular weight excluding hydrogens is 236 g/mol. The predicted molar refractivity (Wildman–Crippen MR) is 68.5 cm³/mol. The minimum absolute atomic E-state index is 0.244. The summed E-state index contributed by atoms with van der Waals surface area (Å²) in [5, 5.41) is 0.609. The van der Waals surface area contributed by atoms with Crippen molar-refractivity contribution in [3.8, 4) is 0 Å². The van der Waals surface area contributed by atoms with Gasteiger partial charge in [0, 0.05) is 5.03 Å². The fourth-order valence-corrected chi connectivity index (χ4v) is 2.32. The Kier molecular flexibility index (Phi) is 3.64. The van der Waals surface area contributed by atoms with Gasteiger partial charge in [0.1, 0.15) is 0 Å². The molecule has 0 heterocycles. The first-order valence-electron chi connectivity index (χ1n) is 5.43. The molecule has 0 aromatic heterocycles. The van der Waals surface area contributed by atoms with Crippen molar-refractivity contribution in [3.63, 3.8) is 0 Å². The molecule has 1 atom stereocenters. The van der Waals surface area contributed by atoms with Crippen LogP contribution in [0.5, 0.6) is 0 Å². The van der Waals surface area contributed by atoms with Crippen molar-refractivity contribution in [2.75, 3.05) is 7.11 Å². The van der Waals surface area contributed by atoms with Crippen LogP contribution in [-0.2, 0) is 9.53 Å². The highest BCUT2D eigenvalue weighted by Gasteiger charge is 2.27. The molecule has 0 bridgehead atoms. The zero-order chi connectivity index (χ0) is 12.3. The van der Waals surface area contributed by atoms with E-state index in [0.29, 0.717) is 11.5 Å². The van der Waals surface area contributed by atoms with Crippen LogP contribution in [0.1, 0.15) is 12.0 Å². The third-order valence-corrected chi connectivity index (χ3v) is 3.14. The summed E-state index contributed by atoms with van der Waals surface area (Å²) in [7, 11) is 1.40. The summed E-state index contributed by atoms with van der Waals surface area (Å²) in [6.45, 7) is 0. The van der Waals surface area contributed by atoms with E-state index < -0.39 is 0 Å². The van der Waals surface area contributed by atoms with Gasteiger partial charge in [-0.25, -0.2) is 0 Å². The van der Waals surface area contributed by atoms with Crippen LogP contribution in [0, 0.1) is 5.92 Å². The van der Waals surface area contributed by atoms with Crippen molar-refractivity contribution >= 4 is 23.1 Å². The second-order valence-corrected chi connectivity index (χ2v) is 4.25. The molecule has 1 unspecified atom stereocenters. The molecule has 1 aliphatic carbocycles. The molecule has 3 heteroatoms. The number of esters is 1. The maximum absolute atomic E-state index is 11.7. The van der Waals surface area contributed by atoms with Crippen molar-refractivity contribution in [1.29, 1.82) is 0 Å². The number of hydrogen-bond acceptors (Lipinski definition) is 2. The normalized spacial score (nSPS) is 19.3. The average molecular weight is 249 g/mol. The fourth-order valence-electron chi connectivity index (χ4n) is 1.99. The van der Waals surface area contributed by atoms with Gasteiger partial charge in [0.05, 0.1) is 13.0 Å². The number of methoxy groups -OCH3 is 1. The lowest BCUT2D eigenvalue weighted by Gasteiger charge is -2.21. The number of carbonyl (C=O) groups is 1. The molecule has 88 valence electrons. The molecule has 0 spiro atoms. The van der Waals surface area contributed by atoms with Gasteiger partial charge in [-0.05, 0) is 23.6 Å². The first-order chi connectivity index (χ1) is 8.24. The molecule has 0 fully saturated rings. The third kappa shape index (κ3) is 2.42. The van der Waals surface area contributed by atoms with Gasteiger partial charge in [0.2, 0.25) is 0 Å². The van der Waals surface area contributed by atoms with Crippen LogP contribution in [0.25, 0.3) is 5.57 Å². The number of rotatable bonds is 2. The molecule has 2 rings (SSSR count). The average Bonchev–Trinajstić information content (AvgIpc) is 2.38. The molecule has 0 amide bonds. The van der Waals surface area contributed by atoms with Crippen molar-refractivity contribution in [3.05, 3.63) is 53.1 Å². The standard InChI is InChI=1S/C14H13ClO2/c1-17-14(16)11-8-5-9-12(15)13(11)10-6-3-2-4-7-10/h2-7,9,11H,8H2,1H3. The molecule has 1 aromatic rings. The minimum Gasteiger partial charge on any atom is -0.469 e. The summed E-state index contributed by atoms with van der Waals surface area (Å²) in [5.41, 5.74) is 1.82. The van der Waals surface area contributed by atoms with Gasteiger partial charge < -0.3 is 4.74 Å². The van der Waals surface area contributed by atoms with Gasteiger partial charge in [-0.1, -0.05) is 48.0 Å². The van der Waals surface area contributed by atoms with Gasteiger partial charge >= 0.3 is 5.97 Å². The van der Waals surface area contributed by atoms with Gasteiger partial charge in [0.15, 0.2) is 0 Å². The van der Waals surface area contributed by atoms with Gasteiger partial charge in [0.25, 0.3) is 0 Å². The Hall–Kier alpha value is -1.54. The second-order valence-electron chi connectivity index (χ2n) is 3.84. The van der Waals surface area contributed by atoms with Crippen LogP contribution in [0.4, 0.5) is 0 Å². The van der Waals surface area contributed by atoms with Crippen molar-refractivity contribution in [2.24, 2.45) is 5.92 Å². The van der Waals surface area contributed by atoms with E-state index in [1.54, 1.807) is 0 Å². The number of ether oxygens (including phenoxy) is 1. The lowest BCUT2D eigenvalue weighted by molar-refractivity contribution is -0.143. The van der Waals surface area contributed by atoms with E-state index in [-0.39, 0.29) is 11.9 Å². The molecule has 17 heavy (non-hydrogen) atoms. The molecule has 0 radical (unpaired) electrons. The van der Waals surface area contributed by atoms with E-state index in [1.807, 2.05) is 42.5 Å². The van der Waals surface area contributed by atoms with Crippen LogP contribution >= 0.6 is 11.6 Å². The molecule has 0 saturated carbocycles. The Balaban J connectivity index is 2.45. The van der Waals surface area contributed by atoms with E-state index in [4.69, 9.17) is 16.3 Å². The lowest BCUT2D eigenvalue weighted by Crippen LogP contribution is -2.19. The fraction of sp³-hybridized carbons (Fsp3) is 0.214. The quantitative estimate of drug-likeness (QED) is 0.750. The smallest absolute Gasteiger partial charge is 0.313 e. The Bertz CT molecular complexity index is 474. The van der Waals surface area contributed by atoms with Crippen LogP contribution < -0.4 is 0 Å². The monoisotopic (exact) mass is 248 g/mol. The van der Waals surface area contributed by atoms with Crippen LogP contribution in [0.15, 0.2) is 47.5 Å². The second kappa shape index (κ2) is 5.19. The number of hydrogen-bond donors (Lipinski definition) is 0. The van der Waals surface area contributed by atoms with Crippen LogP contribution in [-0.4, -0.2) is 13.1 Å². The molecule has 1 aromatic carbocycles. The Labute approximate surface area is 106 Å². The van der Waals surface area contributed by atoms with Crippen molar-refractivity contribution in [2.45, 2.75) is 6.42 Å². The highest BCUT2D eigenvalue weighted by Crippen LogP contribution is 2.35. The SMILES string of the molecule is COC(=O)C1CC=CC(Cl)=C1c1ccccc1. The molecule has 0 N–H and O–H groups in total. The number of carbonyl (C=O) groups excluding carboxylic acids is 1. The topological polar surface area (TPSA) is 26.3 Å². The predicted octanol–water partition coefficient (Wildman–Crippen LogP) is 3.39. The summed E-state index contributed by atoms with van der Waals surface area (Å²) in [6, 6.07) is 9.70. The summed E-state index contributed by atoms with van der Waals surface area (Å²) in [6.07, 6.45) is 4.37. The zero-order valence-corrected chi connectivity index (χ0v) is 10.3. The van der Waals surface area contributed by atoms with Crippen LogP contribution in [0.2, 0.25) is 0 Å². The van der Waals surface area contributed by atoms with Crippen LogP contribution in [0.3, 0.4) is 0 Å². The van der Waals surface area contributed by atoms with Crippen molar-refractivity contribution < 1.29 is 9.53 Å². The van der Waals surface area contributed by atoms with E-state index in [1.165, 1.54) is 7.11 Å². The Morgan fingerprint density at radius 2 is 2.06 bits per heavy atom. The third-order valence-electron chi connectivity index (χ3n) is 2.81. The van der Waals surface area contributed by atoms with Gasteiger partial charge in [-0.2, -0.15) is 0 Å². The highest BCUT2D eigenvalue weighted by molar-refractivity contribution is 6.35. The van der Waals surface area contributed by atoms with Crippen molar-refractivity contribution in [1.82, 2.24) is 0 Å². The molecule has 0 aliphatic heterocycles. The number of halogens is 1. The molecule has 2 nitrogen and oxygen atoms in total. The summed E-state index contributed by atoms with van der Waals surface area (Å²) in [4.78, 5) is 11.7. The summed E-state index contributed by atoms with van der Waals surface area (Å²) >= 11 is 6.20. The highest BCUT2D eigenvalue weighted by atomic mass is 35.5. The lowest BCUT2D eigenvalue weighted by atomic mass is 9.86. The van der Waals surface area contributed by atoms with Gasteiger partial charge in [-0.3, -0.25) is 4.79 Å². The maximum atomic E-state index is 11.7. The van der Waals surface area contributed by atoms with Gasteiger partial charge in [-0.15, -0.1) is 0 Å². The number of allylic oxidation sites excluding steroid dienone is 3. The zero-order valence-electron chi connectivity index (χ0n) is 9.52. The van der Waals surface area contributed by atoms with E-state index in [9.17, 15) is 4.79 Å². The maximum Gasteiger partial charge on any atom is 0.313 e. The van der Waals surface area contributed by atoms with E-state index in [2.05, 4.69) is 0 Å². The van der Waals surface area contributed by atoms with E-state index in [0.717, 1.165) is 11.1 Å². The minimum atomic E-state index is -0.306. The largest absolute Gasteiger partial charge is 0.469 e. The first kappa shape index (κ1) is 11.9. The molecule has 0 saturated heterocycles.